The molecule has 5 nitrogen and oxygen atoms in total. The molecule has 1 aromatic carbocycles. The fourth-order valence-electron chi connectivity index (χ4n) is 1.77. The second kappa shape index (κ2) is 5.28. The van der Waals surface area contributed by atoms with Crippen LogP contribution in [0.2, 0.25) is 0 Å². The summed E-state index contributed by atoms with van der Waals surface area (Å²) in [7, 11) is 0. The second-order valence-electron chi connectivity index (χ2n) is 5.62. The number of nitrogens with one attached hydrogen (secondary N) is 1. The van der Waals surface area contributed by atoms with Crippen LogP contribution in [0.3, 0.4) is 0 Å². The van der Waals surface area contributed by atoms with Crippen molar-refractivity contribution in [1.82, 2.24) is 10.2 Å². The van der Waals surface area contributed by atoms with Gasteiger partial charge in [0.25, 0.3) is 0 Å². The molecule has 0 bridgehead atoms. The van der Waals surface area contributed by atoms with Crippen molar-refractivity contribution in [2.24, 2.45) is 5.73 Å². The highest BCUT2D eigenvalue weighted by Crippen LogP contribution is 2.19. The third-order valence-electron chi connectivity index (χ3n) is 2.61. The zero-order chi connectivity index (χ0) is 14.8. The summed E-state index contributed by atoms with van der Waals surface area (Å²) in [5.41, 5.74) is 7.18. The molecule has 2 aromatic rings. The van der Waals surface area contributed by atoms with Crippen molar-refractivity contribution in [2.75, 3.05) is 5.32 Å². The predicted octanol–water partition coefficient (Wildman–Crippen LogP) is 2.45. The summed E-state index contributed by atoms with van der Waals surface area (Å²) >= 11 is 0. The van der Waals surface area contributed by atoms with Gasteiger partial charge in [-0.2, -0.15) is 0 Å². The van der Waals surface area contributed by atoms with Crippen molar-refractivity contribution in [3.63, 3.8) is 0 Å². The molecule has 0 spiro atoms. The minimum Gasteiger partial charge on any atom is -0.366 e. The van der Waals surface area contributed by atoms with Gasteiger partial charge in [0.15, 0.2) is 0 Å². The normalized spacial score (nSPS) is 11.2. The molecular formula is C15H18N4O. The Labute approximate surface area is 118 Å². The SMILES string of the molecule is CC(C)(C)Nc1ccc(-c2cccc(C(N)=O)c2)nn1. The molecule has 0 saturated heterocycles. The molecule has 1 amide bonds. The zero-order valence-electron chi connectivity index (χ0n) is 11.8. The molecule has 104 valence electrons. The third-order valence-corrected chi connectivity index (χ3v) is 2.61. The summed E-state index contributed by atoms with van der Waals surface area (Å²) in [6, 6.07) is 10.8. The number of carbonyl (C=O) groups excluding carboxylic acids is 1. The number of hydrogen-bond acceptors (Lipinski definition) is 4. The molecule has 0 aliphatic heterocycles. The number of aromatic nitrogens is 2. The van der Waals surface area contributed by atoms with Gasteiger partial charge in [0, 0.05) is 16.7 Å². The van der Waals surface area contributed by atoms with Gasteiger partial charge >= 0.3 is 0 Å². The van der Waals surface area contributed by atoms with Crippen molar-refractivity contribution < 1.29 is 4.79 Å². The Kier molecular flexibility index (Phi) is 3.70. The van der Waals surface area contributed by atoms with Gasteiger partial charge in [-0.1, -0.05) is 12.1 Å². The van der Waals surface area contributed by atoms with Crippen LogP contribution in [0.25, 0.3) is 11.3 Å². The van der Waals surface area contributed by atoms with Gasteiger partial charge in [-0.3, -0.25) is 4.79 Å². The van der Waals surface area contributed by atoms with Gasteiger partial charge in [0.1, 0.15) is 5.82 Å². The molecule has 0 radical (unpaired) electrons. The van der Waals surface area contributed by atoms with Crippen molar-refractivity contribution in [3.05, 3.63) is 42.0 Å². The van der Waals surface area contributed by atoms with Crippen LogP contribution in [0.5, 0.6) is 0 Å². The molecular weight excluding hydrogens is 252 g/mol. The summed E-state index contributed by atoms with van der Waals surface area (Å²) in [4.78, 5) is 11.2. The van der Waals surface area contributed by atoms with E-state index in [1.807, 2.05) is 18.2 Å². The Morgan fingerprint density at radius 1 is 1.15 bits per heavy atom. The van der Waals surface area contributed by atoms with Crippen molar-refractivity contribution in [2.45, 2.75) is 26.3 Å². The van der Waals surface area contributed by atoms with Gasteiger partial charge in [-0.05, 0) is 45.0 Å². The Balaban J connectivity index is 2.26. The molecule has 1 aromatic heterocycles. The highest BCUT2D eigenvalue weighted by molar-refractivity contribution is 5.93. The maximum Gasteiger partial charge on any atom is 0.248 e. The first-order valence-corrected chi connectivity index (χ1v) is 6.37. The number of nitrogens with zero attached hydrogens (tertiary/aromatic N) is 2. The molecule has 20 heavy (non-hydrogen) atoms. The van der Waals surface area contributed by atoms with Crippen LogP contribution >= 0.6 is 0 Å². The van der Waals surface area contributed by atoms with E-state index in [-0.39, 0.29) is 5.54 Å². The Morgan fingerprint density at radius 3 is 2.45 bits per heavy atom. The van der Waals surface area contributed by atoms with Crippen molar-refractivity contribution in [3.8, 4) is 11.3 Å². The molecule has 2 rings (SSSR count). The van der Waals surface area contributed by atoms with E-state index in [2.05, 4.69) is 36.3 Å². The van der Waals surface area contributed by atoms with E-state index in [1.165, 1.54) is 0 Å². The fourth-order valence-corrected chi connectivity index (χ4v) is 1.77. The van der Waals surface area contributed by atoms with Crippen LogP contribution in [0.1, 0.15) is 31.1 Å². The number of rotatable bonds is 3. The number of anilines is 1. The number of nitrogens with two attached hydrogens (primary N) is 1. The first-order valence-electron chi connectivity index (χ1n) is 6.37. The first-order chi connectivity index (χ1) is 9.35. The molecule has 0 fully saturated rings. The van der Waals surface area contributed by atoms with E-state index >= 15 is 0 Å². The van der Waals surface area contributed by atoms with Crippen LogP contribution in [-0.2, 0) is 0 Å². The lowest BCUT2D eigenvalue weighted by molar-refractivity contribution is 0.100. The van der Waals surface area contributed by atoms with Crippen LogP contribution < -0.4 is 11.1 Å². The zero-order valence-corrected chi connectivity index (χ0v) is 11.8. The Bertz CT molecular complexity index is 615. The minimum atomic E-state index is -0.453. The average Bonchev–Trinajstić information content (AvgIpc) is 2.38. The highest BCUT2D eigenvalue weighted by atomic mass is 16.1. The van der Waals surface area contributed by atoms with Gasteiger partial charge < -0.3 is 11.1 Å². The predicted molar refractivity (Wildman–Crippen MR) is 79.4 cm³/mol. The lowest BCUT2D eigenvalue weighted by Crippen LogP contribution is -2.26. The van der Waals surface area contributed by atoms with Gasteiger partial charge in [0.05, 0.1) is 5.69 Å². The fraction of sp³-hybridized carbons (Fsp3) is 0.267. The number of amides is 1. The summed E-state index contributed by atoms with van der Waals surface area (Å²) in [5, 5.41) is 11.5. The molecule has 3 N–H and O–H groups in total. The standard InChI is InChI=1S/C15H18N4O/c1-15(2,3)17-13-8-7-12(18-19-13)10-5-4-6-11(9-10)14(16)20/h4-9H,1-3H3,(H2,16,20)(H,17,19). The van der Waals surface area contributed by atoms with Crippen molar-refractivity contribution >= 4 is 11.7 Å². The maximum absolute atomic E-state index is 11.2. The minimum absolute atomic E-state index is 0.0674. The van der Waals surface area contributed by atoms with Gasteiger partial charge in [-0.15, -0.1) is 10.2 Å². The van der Waals surface area contributed by atoms with Crippen LogP contribution in [0.4, 0.5) is 5.82 Å². The van der Waals surface area contributed by atoms with E-state index in [0.29, 0.717) is 17.1 Å². The van der Waals surface area contributed by atoms with Crippen LogP contribution in [0.15, 0.2) is 36.4 Å². The van der Waals surface area contributed by atoms with Crippen molar-refractivity contribution in [1.29, 1.82) is 0 Å². The second-order valence-corrected chi connectivity index (χ2v) is 5.62. The number of carbonyl (C=O) groups is 1. The number of hydrogen-bond donors (Lipinski definition) is 2. The Hall–Kier alpha value is -2.43. The molecule has 1 heterocycles. The van der Waals surface area contributed by atoms with E-state index in [1.54, 1.807) is 18.2 Å². The lowest BCUT2D eigenvalue weighted by Gasteiger charge is -2.20. The maximum atomic E-state index is 11.2. The van der Waals surface area contributed by atoms with E-state index in [0.717, 1.165) is 5.56 Å². The number of primary amides is 1. The van der Waals surface area contributed by atoms with Crippen LogP contribution in [-0.4, -0.2) is 21.6 Å². The van der Waals surface area contributed by atoms with E-state index in [4.69, 9.17) is 5.73 Å². The summed E-state index contributed by atoms with van der Waals surface area (Å²) in [6.07, 6.45) is 0. The van der Waals surface area contributed by atoms with Gasteiger partial charge in [-0.25, -0.2) is 0 Å². The molecule has 0 unspecified atom stereocenters. The third kappa shape index (κ3) is 3.54. The largest absolute Gasteiger partial charge is 0.366 e. The molecule has 0 atom stereocenters. The molecule has 5 heteroatoms. The van der Waals surface area contributed by atoms with E-state index < -0.39 is 5.91 Å². The molecule has 0 aliphatic carbocycles. The summed E-state index contributed by atoms with van der Waals surface area (Å²) in [6.45, 7) is 6.16. The highest BCUT2D eigenvalue weighted by Gasteiger charge is 2.11. The van der Waals surface area contributed by atoms with E-state index in [9.17, 15) is 4.79 Å². The molecule has 0 saturated carbocycles. The summed E-state index contributed by atoms with van der Waals surface area (Å²) in [5.74, 6) is 0.262. The Morgan fingerprint density at radius 2 is 1.90 bits per heavy atom. The smallest absolute Gasteiger partial charge is 0.248 e. The van der Waals surface area contributed by atoms with Gasteiger partial charge in [0.2, 0.25) is 5.91 Å². The lowest BCUT2D eigenvalue weighted by atomic mass is 10.1. The van der Waals surface area contributed by atoms with Crippen LogP contribution in [0, 0.1) is 0 Å². The number of benzene rings is 1. The summed E-state index contributed by atoms with van der Waals surface area (Å²) < 4.78 is 0. The average molecular weight is 270 g/mol. The topological polar surface area (TPSA) is 80.9 Å². The monoisotopic (exact) mass is 270 g/mol. The molecule has 0 aliphatic rings. The first kappa shape index (κ1) is 14.0. The quantitative estimate of drug-likeness (QED) is 0.897.